The van der Waals surface area contributed by atoms with E-state index in [2.05, 4.69) is 12.6 Å². The molecule has 0 aliphatic carbocycles. The molecule has 1 heterocycles. The summed E-state index contributed by atoms with van der Waals surface area (Å²) < 4.78 is 10.4. The van der Waals surface area contributed by atoms with Crippen molar-refractivity contribution in [1.82, 2.24) is 4.90 Å². The molecule has 1 saturated heterocycles. The van der Waals surface area contributed by atoms with Gasteiger partial charge >= 0.3 is 5.97 Å². The maximum atomic E-state index is 12.4. The number of benzene rings is 1. The van der Waals surface area contributed by atoms with Crippen molar-refractivity contribution in [2.75, 3.05) is 25.3 Å². The van der Waals surface area contributed by atoms with Crippen molar-refractivity contribution in [3.63, 3.8) is 0 Å². The van der Waals surface area contributed by atoms with Crippen LogP contribution in [0.5, 0.6) is 5.75 Å². The van der Waals surface area contributed by atoms with E-state index in [0.29, 0.717) is 24.3 Å². The third-order valence-electron chi connectivity index (χ3n) is 3.53. The van der Waals surface area contributed by atoms with Crippen molar-refractivity contribution in [2.24, 2.45) is 0 Å². The average Bonchev–Trinajstić information content (AvgIpc) is 2.58. The highest BCUT2D eigenvalue weighted by molar-refractivity contribution is 7.80. The summed E-state index contributed by atoms with van der Waals surface area (Å²) in [4.78, 5) is 25.5. The molecule has 0 aromatic heterocycles. The molecular weight excluding hydrogens is 338 g/mol. The van der Waals surface area contributed by atoms with Gasteiger partial charge in [-0.3, -0.25) is 4.79 Å². The molecule has 23 heavy (non-hydrogen) atoms. The Hall–Kier alpha value is -1.66. The zero-order valence-corrected chi connectivity index (χ0v) is 14.4. The van der Waals surface area contributed by atoms with Gasteiger partial charge in [-0.2, -0.15) is 12.6 Å². The number of halogens is 1. The summed E-state index contributed by atoms with van der Waals surface area (Å²) in [6.07, 6.45) is 0.428. The lowest BCUT2D eigenvalue weighted by Crippen LogP contribution is -2.45. The summed E-state index contributed by atoms with van der Waals surface area (Å²) in [5.74, 6) is 0.483. The van der Waals surface area contributed by atoms with Crippen molar-refractivity contribution >= 4 is 36.1 Å². The van der Waals surface area contributed by atoms with Crippen molar-refractivity contribution in [1.29, 1.82) is 0 Å². The molecule has 1 aliphatic heterocycles. The first kappa shape index (κ1) is 17.7. The van der Waals surface area contributed by atoms with Crippen molar-refractivity contribution in [3.8, 4) is 5.75 Å². The van der Waals surface area contributed by atoms with Gasteiger partial charge < -0.3 is 14.4 Å². The number of ether oxygens (including phenoxy) is 2. The first-order valence-corrected chi connectivity index (χ1v) is 8.26. The predicted octanol–water partition coefficient (Wildman–Crippen LogP) is 2.39. The van der Waals surface area contributed by atoms with Crippen LogP contribution in [0.3, 0.4) is 0 Å². The second-order valence-corrected chi connectivity index (χ2v) is 5.55. The van der Waals surface area contributed by atoms with Crippen LogP contribution in [0.2, 0.25) is 0 Å². The molecule has 1 fully saturated rings. The van der Waals surface area contributed by atoms with Crippen LogP contribution < -0.4 is 4.74 Å². The van der Waals surface area contributed by atoms with Crippen LogP contribution in [0.25, 0.3) is 0 Å². The minimum Gasteiger partial charge on any atom is -0.497 e. The monoisotopic (exact) mass is 355 g/mol. The SMILES string of the molecule is COc1ccc(COC(=O)/C(=C(/CS)CCl)N2CCC2=O)cc1. The molecule has 0 atom stereocenters. The van der Waals surface area contributed by atoms with Gasteiger partial charge in [0.25, 0.3) is 0 Å². The molecule has 0 unspecified atom stereocenters. The molecule has 0 saturated carbocycles. The second kappa shape index (κ2) is 8.26. The van der Waals surface area contributed by atoms with Crippen LogP contribution in [0.15, 0.2) is 35.5 Å². The number of likely N-dealkylation sites (tertiary alicyclic amines) is 1. The summed E-state index contributed by atoms with van der Waals surface area (Å²) in [5, 5.41) is 0. The van der Waals surface area contributed by atoms with Crippen molar-refractivity contribution < 1.29 is 19.1 Å². The van der Waals surface area contributed by atoms with Crippen LogP contribution in [-0.2, 0) is 20.9 Å². The van der Waals surface area contributed by atoms with Gasteiger partial charge in [-0.1, -0.05) is 12.1 Å². The standard InChI is InChI=1S/C16H18ClNO4S/c1-21-13-4-2-11(3-5-13)9-22-16(20)15(12(8-17)10-23)18-7-6-14(18)19/h2-5,23H,6-10H2,1H3/b15-12-. The minimum absolute atomic E-state index is 0.106. The van der Waals surface area contributed by atoms with E-state index >= 15 is 0 Å². The van der Waals surface area contributed by atoms with Gasteiger partial charge in [0.2, 0.25) is 5.91 Å². The minimum atomic E-state index is -0.557. The maximum absolute atomic E-state index is 12.4. The van der Waals surface area contributed by atoms with E-state index in [1.165, 1.54) is 4.90 Å². The number of methoxy groups -OCH3 is 1. The molecule has 1 amide bonds. The Morgan fingerprint density at radius 2 is 2.04 bits per heavy atom. The fourth-order valence-corrected chi connectivity index (χ4v) is 2.73. The number of amides is 1. The van der Waals surface area contributed by atoms with Gasteiger partial charge in [-0.15, -0.1) is 11.6 Å². The first-order chi connectivity index (χ1) is 11.1. The lowest BCUT2D eigenvalue weighted by Gasteiger charge is -2.33. The number of thiol groups is 1. The molecule has 124 valence electrons. The number of carbonyl (C=O) groups excluding carboxylic acids is 2. The third-order valence-corrected chi connectivity index (χ3v) is 4.23. The predicted molar refractivity (Wildman–Crippen MR) is 90.7 cm³/mol. The molecule has 1 aliphatic rings. The lowest BCUT2D eigenvalue weighted by atomic mass is 10.1. The number of carbonyl (C=O) groups is 2. The summed E-state index contributed by atoms with van der Waals surface area (Å²) in [6, 6.07) is 7.20. The topological polar surface area (TPSA) is 55.8 Å². The molecule has 2 rings (SSSR count). The largest absolute Gasteiger partial charge is 0.497 e. The van der Waals surface area contributed by atoms with Gasteiger partial charge in [-0.05, 0) is 23.3 Å². The Bertz CT molecular complexity index is 609. The smallest absolute Gasteiger partial charge is 0.355 e. The number of alkyl halides is 1. The van der Waals surface area contributed by atoms with Gasteiger partial charge in [0, 0.05) is 24.6 Å². The van der Waals surface area contributed by atoms with E-state index in [1.807, 2.05) is 12.1 Å². The van der Waals surface area contributed by atoms with Gasteiger partial charge in [0.15, 0.2) is 0 Å². The number of esters is 1. The zero-order chi connectivity index (χ0) is 16.8. The molecule has 0 radical (unpaired) electrons. The molecular formula is C16H18ClNO4S. The number of nitrogens with zero attached hydrogens (tertiary/aromatic N) is 1. The quantitative estimate of drug-likeness (QED) is 0.268. The van der Waals surface area contributed by atoms with Gasteiger partial charge in [-0.25, -0.2) is 4.79 Å². The Kier molecular flexibility index (Phi) is 6.36. The van der Waals surface area contributed by atoms with Crippen molar-refractivity contribution in [2.45, 2.75) is 13.0 Å². The van der Waals surface area contributed by atoms with Gasteiger partial charge in [0.05, 0.1) is 7.11 Å². The molecule has 1 aromatic rings. The summed E-state index contributed by atoms with van der Waals surface area (Å²) in [7, 11) is 1.58. The fourth-order valence-electron chi connectivity index (χ4n) is 2.12. The Balaban J connectivity index is 2.08. The molecule has 5 nitrogen and oxygen atoms in total. The zero-order valence-electron chi connectivity index (χ0n) is 12.8. The second-order valence-electron chi connectivity index (χ2n) is 4.96. The molecule has 0 N–H and O–H groups in total. The number of rotatable bonds is 7. The normalized spacial score (nSPS) is 14.9. The average molecular weight is 356 g/mol. The number of hydrogen-bond donors (Lipinski definition) is 1. The third kappa shape index (κ3) is 4.20. The molecule has 1 aromatic carbocycles. The van der Waals surface area contributed by atoms with Crippen LogP contribution >= 0.6 is 24.2 Å². The molecule has 0 bridgehead atoms. The van der Waals surface area contributed by atoms with Gasteiger partial charge in [0.1, 0.15) is 18.1 Å². The Labute approximate surface area is 145 Å². The Morgan fingerprint density at radius 3 is 2.48 bits per heavy atom. The fraction of sp³-hybridized carbons (Fsp3) is 0.375. The Morgan fingerprint density at radius 1 is 1.35 bits per heavy atom. The maximum Gasteiger partial charge on any atom is 0.355 e. The van der Waals surface area contributed by atoms with E-state index in [1.54, 1.807) is 19.2 Å². The van der Waals surface area contributed by atoms with Crippen LogP contribution in [-0.4, -0.2) is 42.1 Å². The van der Waals surface area contributed by atoms with Crippen LogP contribution in [0, 0.1) is 0 Å². The van der Waals surface area contributed by atoms with E-state index in [4.69, 9.17) is 21.1 Å². The highest BCUT2D eigenvalue weighted by Gasteiger charge is 2.33. The molecule has 7 heteroatoms. The van der Waals surface area contributed by atoms with Crippen LogP contribution in [0.1, 0.15) is 12.0 Å². The highest BCUT2D eigenvalue weighted by Crippen LogP contribution is 2.23. The lowest BCUT2D eigenvalue weighted by molar-refractivity contribution is -0.149. The summed E-state index contributed by atoms with van der Waals surface area (Å²) in [5.41, 5.74) is 1.63. The highest BCUT2D eigenvalue weighted by atomic mass is 35.5. The summed E-state index contributed by atoms with van der Waals surface area (Å²) in [6.45, 7) is 0.608. The number of β-lactam (4-membered cyclic amide) rings is 1. The van der Waals surface area contributed by atoms with Crippen LogP contribution in [0.4, 0.5) is 0 Å². The van der Waals surface area contributed by atoms with E-state index in [9.17, 15) is 9.59 Å². The van der Waals surface area contributed by atoms with E-state index in [0.717, 1.165) is 11.3 Å². The molecule has 0 spiro atoms. The van der Waals surface area contributed by atoms with E-state index in [-0.39, 0.29) is 24.1 Å². The van der Waals surface area contributed by atoms with E-state index < -0.39 is 5.97 Å². The van der Waals surface area contributed by atoms with Crippen molar-refractivity contribution in [3.05, 3.63) is 41.1 Å². The summed E-state index contributed by atoms with van der Waals surface area (Å²) >= 11 is 10.0. The first-order valence-electron chi connectivity index (χ1n) is 7.10. The number of hydrogen-bond acceptors (Lipinski definition) is 5.